The average molecular weight is 521 g/mol. The summed E-state index contributed by atoms with van der Waals surface area (Å²) in [4.78, 5) is 22.2. The zero-order chi connectivity index (χ0) is 25.9. The van der Waals surface area contributed by atoms with Gasteiger partial charge in [-0.1, -0.05) is 42.8 Å². The summed E-state index contributed by atoms with van der Waals surface area (Å²) in [7, 11) is 0. The minimum absolute atomic E-state index is 0.287. The van der Waals surface area contributed by atoms with Gasteiger partial charge in [0.2, 0.25) is 0 Å². The van der Waals surface area contributed by atoms with E-state index in [0.29, 0.717) is 22.7 Å². The van der Waals surface area contributed by atoms with Crippen LogP contribution in [0.1, 0.15) is 31.1 Å². The largest absolute Gasteiger partial charge is 0.506 e. The summed E-state index contributed by atoms with van der Waals surface area (Å²) in [6, 6.07) is 17.5. The summed E-state index contributed by atoms with van der Waals surface area (Å²) in [6.45, 7) is 4.96. The quantitative estimate of drug-likeness (QED) is 0.382. The number of aliphatic hydroxyl groups is 1. The number of anilines is 2. The molecule has 9 nitrogen and oxygen atoms in total. The Morgan fingerprint density at radius 1 is 0.973 bits per heavy atom. The van der Waals surface area contributed by atoms with Gasteiger partial charge in [-0.25, -0.2) is 19.0 Å². The number of aliphatic hydroxyl groups excluding tert-OH is 1. The van der Waals surface area contributed by atoms with Crippen molar-refractivity contribution in [1.82, 2.24) is 19.3 Å². The fraction of sp³-hybridized carbons (Fsp3) is 0.296. The lowest BCUT2D eigenvalue weighted by Gasteiger charge is -2.36. The minimum Gasteiger partial charge on any atom is -0.506 e. The van der Waals surface area contributed by atoms with E-state index in [-0.39, 0.29) is 11.4 Å². The van der Waals surface area contributed by atoms with Gasteiger partial charge in [-0.15, -0.1) is 0 Å². The Hall–Kier alpha value is -3.82. The SMILES string of the molecule is CCC(C(O)c1ccc(Cl)cc1)n1ncn(-c2ccc(N3CCN(c4ccccc4O)CC3)nc2)c1=O. The first-order valence-corrected chi connectivity index (χ1v) is 12.7. The molecule has 2 aromatic carbocycles. The number of para-hydroxylation sites is 2. The average Bonchev–Trinajstić information content (AvgIpc) is 3.31. The summed E-state index contributed by atoms with van der Waals surface area (Å²) in [5, 5.41) is 25.9. The monoisotopic (exact) mass is 520 g/mol. The molecule has 0 bridgehead atoms. The zero-order valence-electron chi connectivity index (χ0n) is 20.5. The second kappa shape index (κ2) is 10.7. The van der Waals surface area contributed by atoms with Crippen molar-refractivity contribution in [3.05, 3.63) is 94.3 Å². The third-order valence-electron chi connectivity index (χ3n) is 6.84. The van der Waals surface area contributed by atoms with E-state index in [1.54, 1.807) is 36.5 Å². The summed E-state index contributed by atoms with van der Waals surface area (Å²) in [5.41, 5.74) is 1.77. The molecule has 2 atom stereocenters. The van der Waals surface area contributed by atoms with Gasteiger partial charge in [0.25, 0.3) is 0 Å². The molecule has 1 saturated heterocycles. The van der Waals surface area contributed by atoms with E-state index in [0.717, 1.165) is 37.7 Å². The van der Waals surface area contributed by atoms with Crippen LogP contribution in [0.5, 0.6) is 5.75 Å². The van der Waals surface area contributed by atoms with E-state index in [1.807, 2.05) is 37.3 Å². The highest BCUT2D eigenvalue weighted by molar-refractivity contribution is 6.30. The van der Waals surface area contributed by atoms with Crippen LogP contribution >= 0.6 is 11.6 Å². The molecule has 0 amide bonds. The van der Waals surface area contributed by atoms with Crippen molar-refractivity contribution < 1.29 is 10.2 Å². The Morgan fingerprint density at radius 3 is 2.32 bits per heavy atom. The van der Waals surface area contributed by atoms with Crippen molar-refractivity contribution in [2.75, 3.05) is 36.0 Å². The predicted molar refractivity (Wildman–Crippen MR) is 144 cm³/mol. The second-order valence-corrected chi connectivity index (χ2v) is 9.47. The lowest BCUT2D eigenvalue weighted by molar-refractivity contribution is 0.101. The van der Waals surface area contributed by atoms with E-state index in [9.17, 15) is 15.0 Å². The molecule has 2 aromatic heterocycles. The molecule has 5 rings (SSSR count). The number of aromatic hydroxyl groups is 1. The third-order valence-corrected chi connectivity index (χ3v) is 7.09. The highest BCUT2D eigenvalue weighted by Crippen LogP contribution is 2.29. The van der Waals surface area contributed by atoms with Crippen molar-refractivity contribution in [1.29, 1.82) is 0 Å². The molecule has 37 heavy (non-hydrogen) atoms. The predicted octanol–water partition coefficient (Wildman–Crippen LogP) is 3.80. The zero-order valence-corrected chi connectivity index (χ0v) is 21.2. The lowest BCUT2D eigenvalue weighted by Crippen LogP contribution is -2.46. The topological polar surface area (TPSA) is 99.7 Å². The van der Waals surface area contributed by atoms with Crippen molar-refractivity contribution in [2.45, 2.75) is 25.5 Å². The Morgan fingerprint density at radius 2 is 1.68 bits per heavy atom. The van der Waals surface area contributed by atoms with Gasteiger partial charge in [-0.3, -0.25) is 0 Å². The number of benzene rings is 2. The van der Waals surface area contributed by atoms with Crippen molar-refractivity contribution in [3.63, 3.8) is 0 Å². The number of halogens is 1. The van der Waals surface area contributed by atoms with E-state index in [2.05, 4.69) is 19.9 Å². The fourth-order valence-corrected chi connectivity index (χ4v) is 4.87. The molecule has 0 aliphatic carbocycles. The Bertz CT molecular complexity index is 1390. The first-order valence-electron chi connectivity index (χ1n) is 12.3. The maximum Gasteiger partial charge on any atom is 0.350 e. The molecule has 2 unspecified atom stereocenters. The number of hydrogen-bond acceptors (Lipinski definition) is 7. The van der Waals surface area contributed by atoms with Gasteiger partial charge in [-0.2, -0.15) is 5.10 Å². The molecule has 4 aromatic rings. The summed E-state index contributed by atoms with van der Waals surface area (Å²) in [6.07, 6.45) is 2.74. The number of nitrogens with zero attached hydrogens (tertiary/aromatic N) is 6. The smallest absolute Gasteiger partial charge is 0.350 e. The van der Waals surface area contributed by atoms with Crippen LogP contribution in [-0.2, 0) is 0 Å². The molecule has 10 heteroatoms. The van der Waals surface area contributed by atoms with Gasteiger partial charge in [0.05, 0.1) is 23.6 Å². The van der Waals surface area contributed by atoms with E-state index >= 15 is 0 Å². The Kier molecular flexibility index (Phi) is 7.16. The standard InChI is InChI=1S/C27H29ClN6O3/c1-2-22(26(36)19-7-9-20(28)10-8-19)34-27(37)33(18-30-34)21-11-12-25(29-17-21)32-15-13-31(14-16-32)23-5-3-4-6-24(23)35/h3-12,17-18,22,26,35-36H,2,13-16H2,1H3. The van der Waals surface area contributed by atoms with Gasteiger partial charge < -0.3 is 20.0 Å². The number of aromatic nitrogens is 4. The molecule has 1 aliphatic heterocycles. The minimum atomic E-state index is -0.903. The van der Waals surface area contributed by atoms with Gasteiger partial charge in [-0.05, 0) is 48.4 Å². The summed E-state index contributed by atoms with van der Waals surface area (Å²) < 4.78 is 2.76. The number of phenols is 1. The molecule has 0 saturated carbocycles. The molecule has 1 fully saturated rings. The van der Waals surface area contributed by atoms with Crippen LogP contribution in [0.15, 0.2) is 78.0 Å². The highest BCUT2D eigenvalue weighted by atomic mass is 35.5. The van der Waals surface area contributed by atoms with Gasteiger partial charge in [0.15, 0.2) is 0 Å². The first-order chi connectivity index (χ1) is 18.0. The van der Waals surface area contributed by atoms with Crippen LogP contribution in [0.4, 0.5) is 11.5 Å². The molecular formula is C27H29ClN6O3. The number of phenolic OH excluding ortho intramolecular Hbond substituents is 1. The number of piperazine rings is 1. The molecular weight excluding hydrogens is 492 g/mol. The summed E-state index contributed by atoms with van der Waals surface area (Å²) in [5.74, 6) is 1.11. The molecule has 3 heterocycles. The second-order valence-electron chi connectivity index (χ2n) is 9.04. The maximum atomic E-state index is 13.2. The van der Waals surface area contributed by atoms with Crippen LogP contribution < -0.4 is 15.5 Å². The molecule has 0 radical (unpaired) electrons. The lowest BCUT2D eigenvalue weighted by atomic mass is 10.0. The number of pyridine rings is 1. The first kappa shape index (κ1) is 24.9. The highest BCUT2D eigenvalue weighted by Gasteiger charge is 2.25. The van der Waals surface area contributed by atoms with Crippen LogP contribution in [0.3, 0.4) is 0 Å². The summed E-state index contributed by atoms with van der Waals surface area (Å²) >= 11 is 5.97. The van der Waals surface area contributed by atoms with Gasteiger partial charge in [0, 0.05) is 31.2 Å². The normalized spacial score (nSPS) is 15.5. The molecule has 0 spiro atoms. The van der Waals surface area contributed by atoms with E-state index in [1.165, 1.54) is 15.6 Å². The van der Waals surface area contributed by atoms with Crippen LogP contribution in [0.25, 0.3) is 5.69 Å². The number of hydrogen-bond donors (Lipinski definition) is 2. The van der Waals surface area contributed by atoms with E-state index < -0.39 is 12.1 Å². The van der Waals surface area contributed by atoms with Crippen LogP contribution in [-0.4, -0.2) is 55.7 Å². The Balaban J connectivity index is 1.29. The molecule has 192 valence electrons. The third kappa shape index (κ3) is 5.05. The van der Waals surface area contributed by atoms with Gasteiger partial charge >= 0.3 is 5.69 Å². The van der Waals surface area contributed by atoms with Crippen molar-refractivity contribution in [2.24, 2.45) is 0 Å². The Labute approximate surface area is 219 Å². The van der Waals surface area contributed by atoms with Crippen LogP contribution in [0, 0.1) is 0 Å². The van der Waals surface area contributed by atoms with Crippen molar-refractivity contribution in [3.8, 4) is 11.4 Å². The molecule has 2 N–H and O–H groups in total. The number of rotatable bonds is 7. The van der Waals surface area contributed by atoms with Gasteiger partial charge in [0.1, 0.15) is 24.0 Å². The van der Waals surface area contributed by atoms with E-state index in [4.69, 9.17) is 11.6 Å². The van der Waals surface area contributed by atoms with Crippen molar-refractivity contribution >= 4 is 23.1 Å². The fourth-order valence-electron chi connectivity index (χ4n) is 4.75. The molecule has 1 aliphatic rings. The maximum absolute atomic E-state index is 13.2. The van der Waals surface area contributed by atoms with Crippen LogP contribution in [0.2, 0.25) is 5.02 Å².